The van der Waals surface area contributed by atoms with Crippen LogP contribution in [0.5, 0.6) is 11.5 Å². The molecule has 0 unspecified atom stereocenters. The lowest BCUT2D eigenvalue weighted by Crippen LogP contribution is -2.31. The van der Waals surface area contributed by atoms with E-state index >= 15 is 0 Å². The molecule has 2 aromatic carbocycles. The van der Waals surface area contributed by atoms with Crippen LogP contribution in [0.25, 0.3) is 44.2 Å². The third-order valence-corrected chi connectivity index (χ3v) is 7.65. The van der Waals surface area contributed by atoms with Crippen molar-refractivity contribution in [2.75, 3.05) is 7.11 Å². The van der Waals surface area contributed by atoms with Crippen LogP contribution in [-0.4, -0.2) is 31.7 Å². The van der Waals surface area contributed by atoms with Crippen LogP contribution in [0.3, 0.4) is 0 Å². The van der Waals surface area contributed by atoms with E-state index in [-0.39, 0.29) is 23.3 Å². The van der Waals surface area contributed by atoms with E-state index in [1.807, 2.05) is 31.3 Å². The molecule has 10 nitrogen and oxygen atoms in total. The van der Waals surface area contributed by atoms with Crippen LogP contribution in [-0.2, 0) is 13.0 Å². The minimum atomic E-state index is -0.577. The lowest BCUT2D eigenvalue weighted by Gasteiger charge is -2.14. The summed E-state index contributed by atoms with van der Waals surface area (Å²) in [5, 5.41) is 13.0. The van der Waals surface area contributed by atoms with Crippen molar-refractivity contribution in [1.82, 2.24) is 19.5 Å². The van der Waals surface area contributed by atoms with Crippen molar-refractivity contribution in [1.29, 1.82) is 0 Å². The first-order valence-corrected chi connectivity index (χ1v) is 12.7. The molecule has 40 heavy (non-hydrogen) atoms. The molecule has 0 atom stereocenters. The minimum Gasteiger partial charge on any atom is -0.507 e. The number of aromatic amines is 2. The Labute approximate surface area is 226 Å². The molecule has 0 saturated carbocycles. The number of nitrogens with one attached hydrogen (secondary N) is 2. The number of aromatic nitrogens is 4. The molecule has 10 heteroatoms. The van der Waals surface area contributed by atoms with Crippen LogP contribution in [0.2, 0.25) is 0 Å². The van der Waals surface area contributed by atoms with Gasteiger partial charge < -0.3 is 19.2 Å². The summed E-state index contributed by atoms with van der Waals surface area (Å²) in [6, 6.07) is 10.7. The van der Waals surface area contributed by atoms with Gasteiger partial charge in [-0.2, -0.15) is 0 Å². The monoisotopic (exact) mass is 538 g/mol. The second kappa shape index (κ2) is 9.26. The molecular weight excluding hydrogens is 512 g/mol. The van der Waals surface area contributed by atoms with E-state index in [4.69, 9.17) is 14.1 Å². The Bertz CT molecular complexity index is 2170. The number of hydrogen-bond acceptors (Lipinski definition) is 7. The SMILES string of the molecule is COc1ccc2[nH]cc(CCn3c(=O)[nH]c(=O)c4ccc(-c5cc6c(C)c(C)c(=O)oc6c(C)c5O)nc43)c2c1. The lowest BCUT2D eigenvalue weighted by atomic mass is 9.98. The summed E-state index contributed by atoms with van der Waals surface area (Å²) in [5.74, 6) is 0.624. The standard InChI is InChI=1S/C30H26N4O6/c1-14-15(2)29(37)40-26-16(3)25(35)22(12-20(14)26)24-8-6-19-27(32-24)34(30(38)33-28(19)36)10-9-17-13-31-23-7-5-18(39-4)11-21(17)23/h5-8,11-13,31,35H,9-10H2,1-4H3,(H,33,36,38). The van der Waals surface area contributed by atoms with E-state index < -0.39 is 16.9 Å². The van der Waals surface area contributed by atoms with Gasteiger partial charge in [0.25, 0.3) is 5.56 Å². The van der Waals surface area contributed by atoms with Gasteiger partial charge in [0, 0.05) is 45.7 Å². The number of aromatic hydroxyl groups is 1. The maximum Gasteiger partial charge on any atom is 0.339 e. The maximum atomic E-state index is 13.0. The molecule has 4 heterocycles. The van der Waals surface area contributed by atoms with Crippen molar-refractivity contribution in [3.05, 3.63) is 96.1 Å². The first-order chi connectivity index (χ1) is 19.2. The fourth-order valence-electron chi connectivity index (χ4n) is 5.16. The highest BCUT2D eigenvalue weighted by Gasteiger charge is 2.19. The number of H-pyrrole nitrogens is 2. The summed E-state index contributed by atoms with van der Waals surface area (Å²) >= 11 is 0. The molecule has 0 saturated heterocycles. The van der Waals surface area contributed by atoms with Gasteiger partial charge in [0.2, 0.25) is 0 Å². The van der Waals surface area contributed by atoms with Gasteiger partial charge in [0.1, 0.15) is 22.7 Å². The molecule has 6 rings (SSSR count). The van der Waals surface area contributed by atoms with E-state index in [0.717, 1.165) is 27.8 Å². The number of hydrogen-bond donors (Lipinski definition) is 3. The van der Waals surface area contributed by atoms with Crippen LogP contribution < -0.4 is 21.6 Å². The number of fused-ring (bicyclic) bond motifs is 3. The van der Waals surface area contributed by atoms with E-state index in [9.17, 15) is 19.5 Å². The van der Waals surface area contributed by atoms with E-state index in [0.29, 0.717) is 39.8 Å². The molecule has 0 bridgehead atoms. The zero-order valence-electron chi connectivity index (χ0n) is 22.3. The predicted octanol–water partition coefficient (Wildman–Crippen LogP) is 4.22. The first kappa shape index (κ1) is 25.2. The van der Waals surface area contributed by atoms with Crippen molar-refractivity contribution in [3.63, 3.8) is 0 Å². The number of nitrogens with zero attached hydrogens (tertiary/aromatic N) is 2. The average Bonchev–Trinajstić information content (AvgIpc) is 3.35. The second-order valence-corrected chi connectivity index (χ2v) is 9.87. The fourth-order valence-corrected chi connectivity index (χ4v) is 5.16. The smallest absolute Gasteiger partial charge is 0.339 e. The topological polar surface area (TPSA) is 143 Å². The summed E-state index contributed by atoms with van der Waals surface area (Å²) in [6.07, 6.45) is 2.37. The zero-order chi connectivity index (χ0) is 28.3. The van der Waals surface area contributed by atoms with Gasteiger partial charge in [-0.15, -0.1) is 0 Å². The Morgan fingerprint density at radius 3 is 2.55 bits per heavy atom. The molecule has 0 radical (unpaired) electrons. The van der Waals surface area contributed by atoms with Crippen molar-refractivity contribution in [3.8, 4) is 22.8 Å². The Morgan fingerprint density at radius 1 is 0.975 bits per heavy atom. The van der Waals surface area contributed by atoms with Gasteiger partial charge in [-0.25, -0.2) is 14.6 Å². The van der Waals surface area contributed by atoms with Gasteiger partial charge in [0.15, 0.2) is 0 Å². The Balaban J connectivity index is 1.49. The van der Waals surface area contributed by atoms with Gasteiger partial charge in [-0.3, -0.25) is 14.3 Å². The molecule has 3 N–H and O–H groups in total. The van der Waals surface area contributed by atoms with Crippen LogP contribution >= 0.6 is 0 Å². The molecular formula is C30H26N4O6. The van der Waals surface area contributed by atoms with Crippen molar-refractivity contribution < 1.29 is 14.3 Å². The molecule has 0 spiro atoms. The highest BCUT2D eigenvalue weighted by atomic mass is 16.5. The van der Waals surface area contributed by atoms with Gasteiger partial charge in [-0.1, -0.05) is 0 Å². The Kier molecular flexibility index (Phi) is 5.83. The molecule has 4 aromatic heterocycles. The number of phenols is 1. The summed E-state index contributed by atoms with van der Waals surface area (Å²) in [4.78, 5) is 48.2. The second-order valence-electron chi connectivity index (χ2n) is 9.87. The number of benzene rings is 2. The van der Waals surface area contributed by atoms with Crippen LogP contribution in [0.4, 0.5) is 0 Å². The molecule has 0 aliphatic carbocycles. The molecule has 0 aliphatic rings. The normalized spacial score (nSPS) is 11.6. The van der Waals surface area contributed by atoms with E-state index in [1.165, 1.54) is 4.57 Å². The number of aryl methyl sites for hydroxylation is 4. The Morgan fingerprint density at radius 2 is 1.77 bits per heavy atom. The highest BCUT2D eigenvalue weighted by Crippen LogP contribution is 2.38. The van der Waals surface area contributed by atoms with Crippen molar-refractivity contribution >= 4 is 32.9 Å². The molecule has 0 fully saturated rings. The van der Waals surface area contributed by atoms with E-state index in [1.54, 1.807) is 39.2 Å². The number of phenolic OH excluding ortho intramolecular Hbond substituents is 1. The zero-order valence-corrected chi connectivity index (χ0v) is 22.3. The number of pyridine rings is 1. The fraction of sp³-hybridized carbons (Fsp3) is 0.200. The summed E-state index contributed by atoms with van der Waals surface area (Å²) < 4.78 is 12.3. The van der Waals surface area contributed by atoms with Crippen molar-refractivity contribution in [2.24, 2.45) is 0 Å². The minimum absolute atomic E-state index is 0.0998. The quantitative estimate of drug-likeness (QED) is 0.279. The summed E-state index contributed by atoms with van der Waals surface area (Å²) in [7, 11) is 1.61. The van der Waals surface area contributed by atoms with E-state index in [2.05, 4.69) is 9.97 Å². The average molecular weight is 539 g/mol. The largest absolute Gasteiger partial charge is 0.507 e. The predicted molar refractivity (Wildman–Crippen MR) is 153 cm³/mol. The first-order valence-electron chi connectivity index (χ1n) is 12.7. The van der Waals surface area contributed by atoms with Gasteiger partial charge in [0.05, 0.1) is 18.2 Å². The van der Waals surface area contributed by atoms with Gasteiger partial charge in [-0.05, 0) is 74.7 Å². The lowest BCUT2D eigenvalue weighted by molar-refractivity contribution is 0.415. The third kappa shape index (κ3) is 3.87. The van der Waals surface area contributed by atoms with Crippen molar-refractivity contribution in [2.45, 2.75) is 33.7 Å². The van der Waals surface area contributed by atoms with Crippen LogP contribution in [0, 0.1) is 20.8 Å². The highest BCUT2D eigenvalue weighted by molar-refractivity contribution is 5.92. The van der Waals surface area contributed by atoms with Crippen LogP contribution in [0.1, 0.15) is 22.3 Å². The molecule has 0 amide bonds. The molecule has 6 aromatic rings. The molecule has 0 aliphatic heterocycles. The number of rotatable bonds is 5. The van der Waals surface area contributed by atoms with Gasteiger partial charge >= 0.3 is 11.3 Å². The maximum absolute atomic E-state index is 13.0. The van der Waals surface area contributed by atoms with Crippen LogP contribution in [0.15, 0.2) is 61.4 Å². The number of ether oxygens (including phenoxy) is 1. The summed E-state index contributed by atoms with van der Waals surface area (Å²) in [6.45, 7) is 5.42. The number of methoxy groups -OCH3 is 1. The Hall–Kier alpha value is -5.12. The summed E-state index contributed by atoms with van der Waals surface area (Å²) in [5.41, 5.74) is 3.22. The third-order valence-electron chi connectivity index (χ3n) is 7.65. The molecule has 202 valence electrons.